The van der Waals surface area contributed by atoms with Crippen molar-refractivity contribution in [3.8, 4) is 0 Å². The summed E-state index contributed by atoms with van der Waals surface area (Å²) in [7, 11) is 0. The summed E-state index contributed by atoms with van der Waals surface area (Å²) < 4.78 is 0. The first kappa shape index (κ1) is 13.4. The fourth-order valence-corrected chi connectivity index (χ4v) is 2.67. The maximum absolute atomic E-state index is 12.3. The maximum Gasteiger partial charge on any atom is 0.245 e. The lowest BCUT2D eigenvalue weighted by molar-refractivity contribution is -0.130. The minimum atomic E-state index is -0.540. The topological polar surface area (TPSA) is 20.3 Å². The number of nitrogens with zero attached hydrogens (tertiary/aromatic N) is 1. The number of carbonyl (C=O) groups excluding carboxylic acids is 1. The Hall–Kier alpha value is -1.02. The molecule has 1 unspecified atom stereocenters. The van der Waals surface area contributed by atoms with Gasteiger partial charge in [0.2, 0.25) is 5.91 Å². The Balaban J connectivity index is 2.22. The van der Waals surface area contributed by atoms with E-state index in [2.05, 4.69) is 6.07 Å². The second-order valence-corrected chi connectivity index (χ2v) is 5.21. The molecule has 0 aromatic heterocycles. The molecular weight excluding hydrogens is 246 g/mol. The van der Waals surface area contributed by atoms with Crippen LogP contribution in [0.25, 0.3) is 0 Å². The molecule has 0 aliphatic heterocycles. The van der Waals surface area contributed by atoms with Crippen LogP contribution in [-0.4, -0.2) is 23.9 Å². The van der Waals surface area contributed by atoms with Crippen LogP contribution in [0.2, 0.25) is 0 Å². The predicted octanol–water partition coefficient (Wildman–Crippen LogP) is 3.71. The Morgan fingerprint density at radius 2 is 1.94 bits per heavy atom. The Kier molecular flexibility index (Phi) is 4.28. The van der Waals surface area contributed by atoms with Crippen molar-refractivity contribution >= 4 is 17.5 Å². The van der Waals surface area contributed by atoms with Crippen LogP contribution in [0.3, 0.4) is 0 Å². The van der Waals surface area contributed by atoms with E-state index in [4.69, 9.17) is 11.6 Å². The summed E-state index contributed by atoms with van der Waals surface area (Å²) in [5.41, 5.74) is 2.26. The van der Waals surface area contributed by atoms with Gasteiger partial charge in [-0.05, 0) is 43.7 Å². The molecule has 0 radical (unpaired) electrons. The second kappa shape index (κ2) is 5.75. The van der Waals surface area contributed by atoms with Crippen LogP contribution in [0.15, 0.2) is 24.3 Å². The average molecular weight is 266 g/mol. The maximum atomic E-state index is 12.3. The number of hydrogen-bond donors (Lipinski definition) is 0. The molecule has 1 amide bonds. The van der Waals surface area contributed by atoms with Gasteiger partial charge in [0, 0.05) is 13.1 Å². The molecule has 0 heterocycles. The highest BCUT2D eigenvalue weighted by molar-refractivity contribution is 6.30. The summed E-state index contributed by atoms with van der Waals surface area (Å²) >= 11 is 6.39. The first-order valence-corrected chi connectivity index (χ1v) is 7.14. The van der Waals surface area contributed by atoms with Gasteiger partial charge in [-0.2, -0.15) is 0 Å². The molecule has 1 saturated carbocycles. The van der Waals surface area contributed by atoms with E-state index in [-0.39, 0.29) is 5.91 Å². The van der Waals surface area contributed by atoms with Gasteiger partial charge < -0.3 is 4.90 Å². The van der Waals surface area contributed by atoms with E-state index in [0.29, 0.717) is 19.0 Å². The Morgan fingerprint density at radius 1 is 1.33 bits per heavy atom. The fourth-order valence-electron chi connectivity index (χ4n) is 2.34. The second-order valence-electron chi connectivity index (χ2n) is 4.78. The van der Waals surface area contributed by atoms with Crippen molar-refractivity contribution in [2.75, 3.05) is 13.1 Å². The van der Waals surface area contributed by atoms with Crippen LogP contribution in [0.5, 0.6) is 0 Å². The van der Waals surface area contributed by atoms with Crippen LogP contribution in [0.4, 0.5) is 0 Å². The molecule has 2 rings (SSSR count). The van der Waals surface area contributed by atoms with Crippen molar-refractivity contribution in [2.24, 2.45) is 0 Å². The van der Waals surface area contributed by atoms with Gasteiger partial charge in [0.15, 0.2) is 0 Å². The molecule has 0 N–H and O–H groups in total. The van der Waals surface area contributed by atoms with Gasteiger partial charge in [0.05, 0.1) is 0 Å². The molecule has 1 aliphatic carbocycles. The van der Waals surface area contributed by atoms with Crippen molar-refractivity contribution in [1.82, 2.24) is 4.90 Å². The summed E-state index contributed by atoms with van der Waals surface area (Å²) in [5, 5.41) is -0.540. The molecular formula is C15H20ClNO. The van der Waals surface area contributed by atoms with E-state index in [1.807, 2.05) is 32.0 Å². The number of carbonyl (C=O) groups is 1. The van der Waals surface area contributed by atoms with Crippen molar-refractivity contribution in [3.63, 3.8) is 0 Å². The first-order chi connectivity index (χ1) is 8.69. The van der Waals surface area contributed by atoms with Gasteiger partial charge >= 0.3 is 0 Å². The van der Waals surface area contributed by atoms with Crippen LogP contribution in [0, 0.1) is 0 Å². The Bertz CT molecular complexity index is 424. The largest absolute Gasteiger partial charge is 0.342 e. The van der Waals surface area contributed by atoms with Crippen LogP contribution < -0.4 is 0 Å². The van der Waals surface area contributed by atoms with E-state index in [9.17, 15) is 4.79 Å². The Morgan fingerprint density at radius 3 is 2.50 bits per heavy atom. The van der Waals surface area contributed by atoms with Gasteiger partial charge in [0.1, 0.15) is 5.38 Å². The van der Waals surface area contributed by atoms with Gasteiger partial charge in [-0.15, -0.1) is 11.6 Å². The summed E-state index contributed by atoms with van der Waals surface area (Å²) in [5.74, 6) is 0.640. The third-order valence-corrected chi connectivity index (χ3v) is 4.00. The van der Waals surface area contributed by atoms with E-state index in [1.54, 1.807) is 4.90 Å². The van der Waals surface area contributed by atoms with E-state index >= 15 is 0 Å². The lowest BCUT2D eigenvalue weighted by Gasteiger charge is -2.23. The Labute approximate surface area is 114 Å². The number of halogens is 1. The molecule has 3 heteroatoms. The normalized spacial score (nSPS) is 16.4. The highest BCUT2D eigenvalue weighted by Crippen LogP contribution is 2.44. The lowest BCUT2D eigenvalue weighted by atomic mass is 10.00. The van der Waals surface area contributed by atoms with Gasteiger partial charge in [0.25, 0.3) is 0 Å². The predicted molar refractivity (Wildman–Crippen MR) is 74.9 cm³/mol. The van der Waals surface area contributed by atoms with E-state index in [1.165, 1.54) is 18.4 Å². The molecule has 1 aliphatic rings. The highest BCUT2D eigenvalue weighted by Gasteiger charge is 2.30. The summed E-state index contributed by atoms with van der Waals surface area (Å²) in [6, 6.07) is 8.10. The smallest absolute Gasteiger partial charge is 0.245 e. The standard InChI is InChI=1S/C15H20ClNO/c1-3-17(4-2)15(18)14(16)13-8-6-5-7-12(13)11-9-10-11/h5-8,11,14H,3-4,9-10H2,1-2H3. The molecule has 0 bridgehead atoms. The molecule has 1 atom stereocenters. The zero-order chi connectivity index (χ0) is 13.1. The van der Waals surface area contributed by atoms with Gasteiger partial charge in [-0.25, -0.2) is 0 Å². The van der Waals surface area contributed by atoms with Crippen molar-refractivity contribution < 1.29 is 4.79 Å². The molecule has 1 aromatic rings. The van der Waals surface area contributed by atoms with Gasteiger partial charge in [-0.3, -0.25) is 4.79 Å². The van der Waals surface area contributed by atoms with Crippen LogP contribution >= 0.6 is 11.6 Å². The SMILES string of the molecule is CCN(CC)C(=O)C(Cl)c1ccccc1C1CC1. The van der Waals surface area contributed by atoms with Crippen molar-refractivity contribution in [1.29, 1.82) is 0 Å². The monoisotopic (exact) mass is 265 g/mol. The number of likely N-dealkylation sites (N-methyl/N-ethyl adjacent to an activating group) is 1. The minimum absolute atomic E-state index is 0.0229. The molecule has 2 nitrogen and oxygen atoms in total. The summed E-state index contributed by atoms with van der Waals surface area (Å²) in [4.78, 5) is 14.1. The van der Waals surface area contributed by atoms with Gasteiger partial charge in [-0.1, -0.05) is 24.3 Å². The van der Waals surface area contributed by atoms with Crippen molar-refractivity contribution in [3.05, 3.63) is 35.4 Å². The number of hydrogen-bond acceptors (Lipinski definition) is 1. The van der Waals surface area contributed by atoms with Crippen LogP contribution in [0.1, 0.15) is 49.1 Å². The highest BCUT2D eigenvalue weighted by atomic mass is 35.5. The molecule has 1 fully saturated rings. The summed E-state index contributed by atoms with van der Waals surface area (Å²) in [6.07, 6.45) is 2.44. The number of alkyl halides is 1. The molecule has 0 spiro atoms. The average Bonchev–Trinajstić information content (AvgIpc) is 3.23. The third-order valence-electron chi connectivity index (χ3n) is 3.58. The minimum Gasteiger partial charge on any atom is -0.342 e. The molecule has 0 saturated heterocycles. The first-order valence-electron chi connectivity index (χ1n) is 6.70. The van der Waals surface area contributed by atoms with Crippen molar-refractivity contribution in [2.45, 2.75) is 38.0 Å². The zero-order valence-corrected chi connectivity index (χ0v) is 11.8. The van der Waals surface area contributed by atoms with Crippen LogP contribution in [-0.2, 0) is 4.79 Å². The lowest BCUT2D eigenvalue weighted by Crippen LogP contribution is -2.33. The number of benzene rings is 1. The molecule has 98 valence electrons. The number of amides is 1. The fraction of sp³-hybridized carbons (Fsp3) is 0.533. The van der Waals surface area contributed by atoms with E-state index in [0.717, 1.165) is 5.56 Å². The third kappa shape index (κ3) is 2.69. The number of rotatable bonds is 5. The van der Waals surface area contributed by atoms with E-state index < -0.39 is 5.38 Å². The summed E-state index contributed by atoms with van der Waals surface area (Å²) in [6.45, 7) is 5.39. The molecule has 1 aromatic carbocycles. The molecule has 18 heavy (non-hydrogen) atoms. The zero-order valence-electron chi connectivity index (χ0n) is 11.0. The quantitative estimate of drug-likeness (QED) is 0.743.